The molecule has 80 valence electrons. The van der Waals surface area contributed by atoms with E-state index < -0.39 is 24.4 Å². The normalized spacial score (nSPS) is 9.29. The third-order valence-corrected chi connectivity index (χ3v) is 1.19. The highest BCUT2D eigenvalue weighted by atomic mass is 16.7. The minimum atomic E-state index is -1.69. The molecule has 0 aromatic heterocycles. The van der Waals surface area contributed by atoms with E-state index in [2.05, 4.69) is 9.57 Å². The molecule has 0 aliphatic heterocycles. The summed E-state index contributed by atoms with van der Waals surface area (Å²) < 4.78 is 4.25. The van der Waals surface area contributed by atoms with E-state index in [9.17, 15) is 14.4 Å². The van der Waals surface area contributed by atoms with Gasteiger partial charge in [-0.3, -0.25) is 14.4 Å². The molecular formula is C7H11NO6. The van der Waals surface area contributed by atoms with Gasteiger partial charge in [-0.1, -0.05) is 0 Å². The summed E-state index contributed by atoms with van der Waals surface area (Å²) >= 11 is 0. The number of carbonyl (C=O) groups excluding carboxylic acids is 2. The zero-order valence-electron chi connectivity index (χ0n) is 7.85. The van der Waals surface area contributed by atoms with Crippen LogP contribution in [0.1, 0.15) is 6.92 Å². The van der Waals surface area contributed by atoms with Gasteiger partial charge in [-0.05, 0) is 6.92 Å². The van der Waals surface area contributed by atoms with Crippen LogP contribution in [0.5, 0.6) is 0 Å². The summed E-state index contributed by atoms with van der Waals surface area (Å²) in [6.45, 7) is 1.09. The number of hydrogen-bond acceptors (Lipinski definition) is 5. The first-order valence-electron chi connectivity index (χ1n) is 3.77. The lowest BCUT2D eigenvalue weighted by molar-refractivity contribution is -0.196. The number of carboxylic acids is 1. The van der Waals surface area contributed by atoms with E-state index in [4.69, 9.17) is 5.11 Å². The Morgan fingerprint density at radius 3 is 2.29 bits per heavy atom. The van der Waals surface area contributed by atoms with E-state index in [0.717, 1.165) is 7.11 Å². The molecule has 0 aromatic rings. The number of carbonyl (C=O) groups is 3. The molecule has 1 amide bonds. The second-order valence-corrected chi connectivity index (χ2v) is 2.14. The van der Waals surface area contributed by atoms with Crippen LogP contribution in [0, 0.1) is 0 Å². The second-order valence-electron chi connectivity index (χ2n) is 2.14. The van der Waals surface area contributed by atoms with Gasteiger partial charge >= 0.3 is 17.8 Å². The molecule has 0 fully saturated rings. The molecule has 7 nitrogen and oxygen atoms in total. The predicted octanol–water partition coefficient (Wildman–Crippen LogP) is -0.976. The monoisotopic (exact) mass is 205 g/mol. The minimum Gasteiger partial charge on any atom is -0.474 e. The first-order chi connectivity index (χ1) is 6.52. The molecule has 0 bridgehead atoms. The number of aliphatic carboxylic acids is 1. The third-order valence-electron chi connectivity index (χ3n) is 1.19. The van der Waals surface area contributed by atoms with Gasteiger partial charge in [0.05, 0.1) is 13.7 Å². The Kier molecular flexibility index (Phi) is 5.23. The molecule has 0 heterocycles. The Morgan fingerprint density at radius 1 is 1.36 bits per heavy atom. The maximum absolute atomic E-state index is 10.9. The fourth-order valence-corrected chi connectivity index (χ4v) is 0.620. The Bertz CT molecular complexity index is 238. The van der Waals surface area contributed by atoms with E-state index in [1.807, 2.05) is 0 Å². The molecule has 0 atom stereocenters. The van der Waals surface area contributed by atoms with Crippen molar-refractivity contribution in [3.05, 3.63) is 0 Å². The number of rotatable bonds is 4. The lowest BCUT2D eigenvalue weighted by Crippen LogP contribution is -2.40. The number of hydrogen-bond donors (Lipinski definition) is 1. The number of carboxylic acid groups (broad SMARTS) is 1. The molecule has 0 spiro atoms. The SMILES string of the molecule is CCON(CC(=O)OC)C(=O)C(=O)O. The summed E-state index contributed by atoms with van der Waals surface area (Å²) in [5, 5.41) is 8.78. The van der Waals surface area contributed by atoms with Crippen molar-refractivity contribution in [2.24, 2.45) is 0 Å². The van der Waals surface area contributed by atoms with E-state index in [0.29, 0.717) is 5.06 Å². The molecule has 0 radical (unpaired) electrons. The Labute approximate surface area is 80.1 Å². The highest BCUT2D eigenvalue weighted by Gasteiger charge is 2.24. The molecule has 14 heavy (non-hydrogen) atoms. The van der Waals surface area contributed by atoms with Gasteiger partial charge in [0.1, 0.15) is 6.54 Å². The fraction of sp³-hybridized carbons (Fsp3) is 0.571. The van der Waals surface area contributed by atoms with Gasteiger partial charge in [-0.25, -0.2) is 9.86 Å². The largest absolute Gasteiger partial charge is 0.474 e. The van der Waals surface area contributed by atoms with E-state index in [1.54, 1.807) is 6.92 Å². The molecule has 0 aliphatic rings. The number of methoxy groups -OCH3 is 1. The molecule has 0 aliphatic carbocycles. The van der Waals surface area contributed by atoms with Crippen molar-refractivity contribution in [1.82, 2.24) is 5.06 Å². The van der Waals surface area contributed by atoms with Crippen LogP contribution in [0.25, 0.3) is 0 Å². The van der Waals surface area contributed by atoms with Crippen molar-refractivity contribution in [1.29, 1.82) is 0 Å². The first-order valence-corrected chi connectivity index (χ1v) is 3.77. The van der Waals surface area contributed by atoms with E-state index in [-0.39, 0.29) is 6.61 Å². The number of ether oxygens (including phenoxy) is 1. The maximum Gasteiger partial charge on any atom is 0.396 e. The van der Waals surface area contributed by atoms with Gasteiger partial charge < -0.3 is 9.84 Å². The lowest BCUT2D eigenvalue weighted by Gasteiger charge is -2.17. The minimum absolute atomic E-state index is 0.0794. The van der Waals surface area contributed by atoms with Gasteiger partial charge in [-0.15, -0.1) is 0 Å². The summed E-state index contributed by atoms with van der Waals surface area (Å²) in [6.07, 6.45) is 0. The van der Waals surface area contributed by atoms with Crippen LogP contribution >= 0.6 is 0 Å². The van der Waals surface area contributed by atoms with Crippen molar-refractivity contribution in [3.8, 4) is 0 Å². The second kappa shape index (κ2) is 5.92. The lowest BCUT2D eigenvalue weighted by atomic mass is 10.5. The first kappa shape index (κ1) is 12.4. The van der Waals surface area contributed by atoms with Crippen LogP contribution in [-0.4, -0.2) is 48.3 Å². The highest BCUT2D eigenvalue weighted by Crippen LogP contribution is 1.93. The summed E-state index contributed by atoms with van der Waals surface area (Å²) in [5.74, 6) is -3.76. The van der Waals surface area contributed by atoms with E-state index in [1.165, 1.54) is 0 Å². The molecule has 0 aromatic carbocycles. The smallest absolute Gasteiger partial charge is 0.396 e. The van der Waals surface area contributed by atoms with Gasteiger partial charge in [0.15, 0.2) is 0 Å². The van der Waals surface area contributed by atoms with Crippen molar-refractivity contribution >= 4 is 17.8 Å². The van der Waals surface area contributed by atoms with Crippen LogP contribution in [0.2, 0.25) is 0 Å². The van der Waals surface area contributed by atoms with Gasteiger partial charge in [-0.2, -0.15) is 0 Å². The fourth-order valence-electron chi connectivity index (χ4n) is 0.620. The molecule has 0 rings (SSSR count). The number of hydroxylamine groups is 2. The summed E-state index contributed by atoms with van der Waals surface area (Å²) in [6, 6.07) is 0. The predicted molar refractivity (Wildman–Crippen MR) is 43.0 cm³/mol. The molecule has 0 saturated heterocycles. The maximum atomic E-state index is 10.9. The van der Waals surface area contributed by atoms with Gasteiger partial charge in [0, 0.05) is 0 Å². The zero-order chi connectivity index (χ0) is 11.1. The van der Waals surface area contributed by atoms with Crippen molar-refractivity contribution < 1.29 is 29.1 Å². The average Bonchev–Trinajstić information content (AvgIpc) is 2.15. The van der Waals surface area contributed by atoms with E-state index >= 15 is 0 Å². The number of esters is 1. The van der Waals surface area contributed by atoms with Crippen LogP contribution in [0.15, 0.2) is 0 Å². The number of amides is 1. The molecule has 0 unspecified atom stereocenters. The topological polar surface area (TPSA) is 93.1 Å². The molecule has 7 heteroatoms. The Hall–Kier alpha value is -1.63. The summed E-state index contributed by atoms with van der Waals surface area (Å²) in [4.78, 5) is 36.5. The van der Waals surface area contributed by atoms with Crippen molar-refractivity contribution in [2.45, 2.75) is 6.92 Å². The zero-order valence-corrected chi connectivity index (χ0v) is 7.85. The number of nitrogens with zero attached hydrogens (tertiary/aromatic N) is 1. The Morgan fingerprint density at radius 2 is 1.93 bits per heavy atom. The highest BCUT2D eigenvalue weighted by molar-refractivity contribution is 6.31. The average molecular weight is 205 g/mol. The standard InChI is InChI=1S/C7H11NO6/c1-3-14-8(4-5(9)13-2)6(10)7(11)12/h3-4H2,1-2H3,(H,11,12). The van der Waals surface area contributed by atoms with Crippen molar-refractivity contribution in [3.63, 3.8) is 0 Å². The molecular weight excluding hydrogens is 194 g/mol. The Balaban J connectivity index is 4.35. The van der Waals surface area contributed by atoms with Crippen LogP contribution in [0.4, 0.5) is 0 Å². The molecule has 1 N–H and O–H groups in total. The summed E-state index contributed by atoms with van der Waals surface area (Å²) in [5.41, 5.74) is 0. The van der Waals surface area contributed by atoms with Crippen LogP contribution in [0.3, 0.4) is 0 Å². The summed E-state index contributed by atoms with van der Waals surface area (Å²) in [7, 11) is 1.12. The van der Waals surface area contributed by atoms with Gasteiger partial charge in [0.2, 0.25) is 0 Å². The quantitative estimate of drug-likeness (QED) is 0.360. The van der Waals surface area contributed by atoms with Crippen LogP contribution in [-0.2, 0) is 24.0 Å². The third kappa shape index (κ3) is 3.85. The van der Waals surface area contributed by atoms with Crippen molar-refractivity contribution in [2.75, 3.05) is 20.3 Å². The molecule has 0 saturated carbocycles. The van der Waals surface area contributed by atoms with Gasteiger partial charge in [0.25, 0.3) is 0 Å². The van der Waals surface area contributed by atoms with Crippen LogP contribution < -0.4 is 0 Å².